The maximum absolute atomic E-state index is 13.1. The monoisotopic (exact) mass is 447 g/mol. The summed E-state index contributed by atoms with van der Waals surface area (Å²) in [6.07, 6.45) is -2.64. The number of benzene rings is 2. The first-order valence-electron chi connectivity index (χ1n) is 8.11. The van der Waals surface area contributed by atoms with E-state index in [-0.39, 0.29) is 5.69 Å². The van der Waals surface area contributed by atoms with Crippen molar-refractivity contribution in [3.63, 3.8) is 0 Å². The Hall–Kier alpha value is -2.59. The quantitative estimate of drug-likeness (QED) is 0.543. The Morgan fingerprint density at radius 3 is 2.52 bits per heavy atom. The predicted molar refractivity (Wildman–Crippen MR) is 106 cm³/mol. The number of halogens is 4. The first-order valence-corrected chi connectivity index (χ1v) is 10.3. The summed E-state index contributed by atoms with van der Waals surface area (Å²) in [6, 6.07) is 9.81. The normalized spacial score (nSPS) is 12.2. The highest BCUT2D eigenvalue weighted by atomic mass is 35.5. The maximum atomic E-state index is 13.1. The highest BCUT2D eigenvalue weighted by molar-refractivity contribution is 7.92. The third-order valence-corrected chi connectivity index (χ3v) is 5.15. The van der Waals surface area contributed by atoms with Crippen molar-refractivity contribution >= 4 is 39.4 Å². The summed E-state index contributed by atoms with van der Waals surface area (Å²) >= 11 is 5.56. The van der Waals surface area contributed by atoms with Crippen molar-refractivity contribution in [1.82, 2.24) is 5.43 Å². The van der Waals surface area contributed by atoms with Crippen molar-refractivity contribution in [1.29, 1.82) is 0 Å². The number of anilines is 1. The van der Waals surface area contributed by atoms with Crippen LogP contribution in [-0.2, 0) is 21.0 Å². The third-order valence-electron chi connectivity index (χ3n) is 3.68. The van der Waals surface area contributed by atoms with Gasteiger partial charge < -0.3 is 0 Å². The predicted octanol–water partition coefficient (Wildman–Crippen LogP) is 3.58. The van der Waals surface area contributed by atoms with Crippen LogP contribution in [0.25, 0.3) is 0 Å². The number of hydrogen-bond acceptors (Lipinski definition) is 4. The first kappa shape index (κ1) is 22.7. The van der Waals surface area contributed by atoms with E-state index in [0.717, 1.165) is 24.0 Å². The molecule has 2 aromatic rings. The Balaban J connectivity index is 2.21. The van der Waals surface area contributed by atoms with E-state index in [1.807, 2.05) is 19.1 Å². The number of carbonyl (C=O) groups is 1. The van der Waals surface area contributed by atoms with Gasteiger partial charge in [0.25, 0.3) is 5.91 Å². The van der Waals surface area contributed by atoms with E-state index >= 15 is 0 Å². The van der Waals surface area contributed by atoms with E-state index in [9.17, 15) is 26.4 Å². The fourth-order valence-electron chi connectivity index (χ4n) is 2.38. The zero-order chi connectivity index (χ0) is 21.8. The Morgan fingerprint density at radius 1 is 1.24 bits per heavy atom. The maximum Gasteiger partial charge on any atom is 0.417 e. The summed E-state index contributed by atoms with van der Waals surface area (Å²) in [4.78, 5) is 12.1. The lowest BCUT2D eigenvalue weighted by Crippen LogP contribution is -2.39. The summed E-state index contributed by atoms with van der Waals surface area (Å²) in [6.45, 7) is 1.12. The number of hydrogen-bond donors (Lipinski definition) is 1. The second-order valence-corrected chi connectivity index (χ2v) is 8.45. The number of aryl methyl sites for hydroxylation is 1. The lowest BCUT2D eigenvalue weighted by atomic mass is 10.2. The summed E-state index contributed by atoms with van der Waals surface area (Å²) < 4.78 is 63.8. The standard InChI is InChI=1S/C18H17ClF3N3O3S/c1-12-4-3-5-13(8-12)10-23-24-17(26)11-25(29(2,27)28)14-6-7-16(19)15(9-14)18(20,21)22/h3-10H,11H2,1-2H3,(H,24,26)/b23-10-. The molecule has 156 valence electrons. The van der Waals surface area contributed by atoms with Gasteiger partial charge in [0.15, 0.2) is 0 Å². The van der Waals surface area contributed by atoms with Gasteiger partial charge >= 0.3 is 6.18 Å². The molecular formula is C18H17ClF3N3O3S. The number of carbonyl (C=O) groups excluding carboxylic acids is 1. The highest BCUT2D eigenvalue weighted by Crippen LogP contribution is 2.37. The summed E-state index contributed by atoms with van der Waals surface area (Å²) in [7, 11) is -4.06. The number of alkyl halides is 3. The Bertz CT molecular complexity index is 1040. The SMILES string of the molecule is Cc1cccc(/C=N\NC(=O)CN(c2ccc(Cl)c(C(F)(F)F)c2)S(C)(=O)=O)c1. The van der Waals surface area contributed by atoms with Crippen molar-refractivity contribution in [3.8, 4) is 0 Å². The number of nitrogens with one attached hydrogen (secondary N) is 1. The molecule has 0 heterocycles. The lowest BCUT2D eigenvalue weighted by molar-refractivity contribution is -0.137. The van der Waals surface area contributed by atoms with Crippen LogP contribution >= 0.6 is 11.6 Å². The van der Waals surface area contributed by atoms with Gasteiger partial charge in [-0.3, -0.25) is 9.10 Å². The summed E-state index contributed by atoms with van der Waals surface area (Å²) in [5, 5.41) is 3.15. The van der Waals surface area contributed by atoms with Crippen LogP contribution in [0.4, 0.5) is 18.9 Å². The Kier molecular flexibility index (Phi) is 6.91. The molecule has 1 amide bonds. The van der Waals surface area contributed by atoms with Crippen LogP contribution in [0, 0.1) is 6.92 Å². The molecule has 0 aliphatic rings. The Morgan fingerprint density at radius 2 is 1.93 bits per heavy atom. The molecule has 0 spiro atoms. The van der Waals surface area contributed by atoms with Crippen LogP contribution < -0.4 is 9.73 Å². The Labute approximate surface area is 171 Å². The largest absolute Gasteiger partial charge is 0.417 e. The zero-order valence-corrected chi connectivity index (χ0v) is 16.9. The van der Waals surface area contributed by atoms with E-state index in [4.69, 9.17) is 11.6 Å². The minimum absolute atomic E-state index is 0.345. The average molecular weight is 448 g/mol. The molecule has 2 aromatic carbocycles. The molecule has 0 aliphatic heterocycles. The van der Waals surface area contributed by atoms with Crippen LogP contribution in [0.1, 0.15) is 16.7 Å². The fourth-order valence-corrected chi connectivity index (χ4v) is 3.45. The zero-order valence-electron chi connectivity index (χ0n) is 15.4. The third kappa shape index (κ3) is 6.47. The molecule has 0 saturated heterocycles. The van der Waals surface area contributed by atoms with Gasteiger partial charge in [-0.15, -0.1) is 0 Å². The van der Waals surface area contributed by atoms with Gasteiger partial charge in [0, 0.05) is 0 Å². The topological polar surface area (TPSA) is 78.8 Å². The van der Waals surface area contributed by atoms with E-state index in [2.05, 4.69) is 10.5 Å². The van der Waals surface area contributed by atoms with Crippen molar-refractivity contribution < 1.29 is 26.4 Å². The van der Waals surface area contributed by atoms with Crippen LogP contribution in [0.2, 0.25) is 5.02 Å². The number of hydrazone groups is 1. The number of rotatable bonds is 6. The van der Waals surface area contributed by atoms with Crippen molar-refractivity contribution in [2.45, 2.75) is 13.1 Å². The van der Waals surface area contributed by atoms with Crippen molar-refractivity contribution in [2.75, 3.05) is 17.1 Å². The second-order valence-electron chi connectivity index (χ2n) is 6.14. The molecule has 29 heavy (non-hydrogen) atoms. The van der Waals surface area contributed by atoms with Gasteiger partial charge in [-0.1, -0.05) is 41.4 Å². The van der Waals surface area contributed by atoms with E-state index in [0.29, 0.717) is 15.9 Å². The van der Waals surface area contributed by atoms with Gasteiger partial charge in [-0.2, -0.15) is 18.3 Å². The van der Waals surface area contributed by atoms with Crippen LogP contribution in [0.5, 0.6) is 0 Å². The first-order chi connectivity index (χ1) is 13.4. The van der Waals surface area contributed by atoms with Crippen LogP contribution in [0.15, 0.2) is 47.6 Å². The minimum Gasteiger partial charge on any atom is -0.271 e. The molecule has 1 N–H and O–H groups in total. The fraction of sp³-hybridized carbons (Fsp3) is 0.222. The van der Waals surface area contributed by atoms with Gasteiger partial charge in [0.05, 0.1) is 28.7 Å². The van der Waals surface area contributed by atoms with Gasteiger partial charge in [0.2, 0.25) is 10.0 Å². The summed E-state index contributed by atoms with van der Waals surface area (Å²) in [5.41, 5.74) is 2.29. The van der Waals surface area contributed by atoms with Gasteiger partial charge in [-0.25, -0.2) is 13.8 Å². The summed E-state index contributed by atoms with van der Waals surface area (Å²) in [5.74, 6) is -0.831. The number of nitrogens with zero attached hydrogens (tertiary/aromatic N) is 2. The molecule has 2 rings (SSSR count). The molecular weight excluding hydrogens is 431 g/mol. The molecule has 0 atom stereocenters. The van der Waals surface area contributed by atoms with E-state index < -0.39 is 39.2 Å². The molecule has 11 heteroatoms. The smallest absolute Gasteiger partial charge is 0.271 e. The molecule has 6 nitrogen and oxygen atoms in total. The van der Waals surface area contributed by atoms with Crippen LogP contribution in [0.3, 0.4) is 0 Å². The van der Waals surface area contributed by atoms with Gasteiger partial charge in [0.1, 0.15) is 6.54 Å². The number of sulfonamides is 1. The number of amides is 1. The average Bonchev–Trinajstić information content (AvgIpc) is 2.58. The lowest BCUT2D eigenvalue weighted by Gasteiger charge is -2.22. The molecule has 0 saturated carbocycles. The van der Waals surface area contributed by atoms with E-state index in [1.165, 1.54) is 6.21 Å². The molecule has 0 radical (unpaired) electrons. The minimum atomic E-state index is -4.78. The van der Waals surface area contributed by atoms with Crippen molar-refractivity contribution in [3.05, 3.63) is 64.2 Å². The highest BCUT2D eigenvalue weighted by Gasteiger charge is 2.34. The molecule has 0 unspecified atom stereocenters. The van der Waals surface area contributed by atoms with Crippen LogP contribution in [-0.4, -0.2) is 33.3 Å². The van der Waals surface area contributed by atoms with Gasteiger partial charge in [-0.05, 0) is 30.7 Å². The van der Waals surface area contributed by atoms with Crippen molar-refractivity contribution in [2.24, 2.45) is 5.10 Å². The molecule has 0 aromatic heterocycles. The van der Waals surface area contributed by atoms with E-state index in [1.54, 1.807) is 12.1 Å². The molecule has 0 fully saturated rings. The molecule has 0 bridgehead atoms. The molecule has 0 aliphatic carbocycles. The second kappa shape index (κ2) is 8.83.